The van der Waals surface area contributed by atoms with Crippen LogP contribution in [0.5, 0.6) is 5.75 Å². The van der Waals surface area contributed by atoms with E-state index < -0.39 is 0 Å². The van der Waals surface area contributed by atoms with Gasteiger partial charge in [0, 0.05) is 0 Å². The summed E-state index contributed by atoms with van der Waals surface area (Å²) in [6.07, 6.45) is 0. The second-order valence-corrected chi connectivity index (χ2v) is 4.22. The fraction of sp³-hybridized carbons (Fsp3) is 0. The first-order chi connectivity index (χ1) is 5.15. The summed E-state index contributed by atoms with van der Waals surface area (Å²) in [4.78, 5) is 0. The molecule has 0 saturated carbocycles. The van der Waals surface area contributed by atoms with E-state index in [2.05, 4.69) is 0 Å². The van der Waals surface area contributed by atoms with Gasteiger partial charge in [0.15, 0.2) is 0 Å². The van der Waals surface area contributed by atoms with Crippen LogP contribution in [0.4, 0.5) is 0 Å². The maximum atomic E-state index is 9.30. The topological polar surface area (TPSA) is 44.0 Å². The molecule has 0 heterocycles. The van der Waals surface area contributed by atoms with Gasteiger partial charge in [-0.3, -0.25) is 0 Å². The van der Waals surface area contributed by atoms with Gasteiger partial charge in [0.2, 0.25) is 0 Å². The molecule has 0 aliphatic rings. The molecule has 56 valence electrons. The number of halogens is 2. The largest absolute Gasteiger partial charge is 1.00 e. The first-order valence-electron chi connectivity index (χ1n) is 2.73. The maximum absolute atomic E-state index is 9.30. The molecule has 0 aliphatic heterocycles. The van der Waals surface area contributed by atoms with Gasteiger partial charge in [-0.1, -0.05) is 0 Å². The zero-order valence-electron chi connectivity index (χ0n) is 6.31. The normalized spacial score (nSPS) is 8.42. The van der Waals surface area contributed by atoms with Crippen molar-refractivity contribution in [1.82, 2.24) is 0 Å². The fourth-order valence-electron chi connectivity index (χ4n) is 0.630. The predicted molar refractivity (Wildman–Crippen MR) is 58.3 cm³/mol. The summed E-state index contributed by atoms with van der Waals surface area (Å²) in [6.45, 7) is 0. The van der Waals surface area contributed by atoms with Crippen molar-refractivity contribution in [2.45, 2.75) is 0 Å². The van der Waals surface area contributed by atoms with E-state index in [9.17, 15) is 5.11 Å². The summed E-state index contributed by atoms with van der Waals surface area (Å²) < 4.78 is 1.43. The average molecular weight is 378 g/mol. The van der Waals surface area contributed by atoms with E-state index in [4.69, 9.17) is 5.26 Å². The molecule has 0 fully saturated rings. The van der Waals surface area contributed by atoms with E-state index in [0.717, 1.165) is 0 Å². The first kappa shape index (κ1) is 12.6. The average Bonchev–Trinajstić information content (AvgIpc) is 1.99. The second-order valence-electron chi connectivity index (χ2n) is 1.90. The second kappa shape index (κ2) is 5.33. The molecule has 1 aromatic carbocycles. The summed E-state index contributed by atoms with van der Waals surface area (Å²) in [5.41, 5.74) is 0.580. The molecule has 0 atom stereocenters. The van der Waals surface area contributed by atoms with E-state index in [0.29, 0.717) is 12.7 Å². The predicted octanol–water partition coefficient (Wildman–Crippen LogP) is -0.523. The molecule has 12 heavy (non-hydrogen) atoms. The summed E-state index contributed by atoms with van der Waals surface area (Å²) in [5.74, 6) is 0.255. The minimum atomic E-state index is 0. The number of rotatable bonds is 0. The van der Waals surface area contributed by atoms with Gasteiger partial charge in [-0.25, -0.2) is 0 Å². The SMILES string of the molecule is N#Cc1cc(I)c(O)c(I)c1.[Li+]. The van der Waals surface area contributed by atoms with Crippen LogP contribution in [0.25, 0.3) is 0 Å². The molecule has 5 heteroatoms. The molecular formula is C7H3I2LiNO+. The van der Waals surface area contributed by atoms with Gasteiger partial charge >= 0.3 is 18.9 Å². The molecule has 0 aliphatic carbocycles. The molecule has 0 unspecified atom stereocenters. The first-order valence-corrected chi connectivity index (χ1v) is 4.89. The Morgan fingerprint density at radius 2 is 1.67 bits per heavy atom. The number of hydrogen-bond donors (Lipinski definition) is 1. The number of nitriles is 1. The van der Waals surface area contributed by atoms with Crippen LogP contribution in [0, 0.1) is 18.5 Å². The van der Waals surface area contributed by atoms with Crippen molar-refractivity contribution >= 4 is 45.2 Å². The summed E-state index contributed by atoms with van der Waals surface area (Å²) in [6, 6.07) is 5.32. The molecule has 1 aromatic rings. The number of aromatic hydroxyl groups is 1. The number of hydrogen-bond acceptors (Lipinski definition) is 2. The quantitative estimate of drug-likeness (QED) is 0.488. The summed E-state index contributed by atoms with van der Waals surface area (Å²) in [5, 5.41) is 17.8. The van der Waals surface area contributed by atoms with Crippen LogP contribution in [0.1, 0.15) is 5.56 Å². The standard InChI is InChI=1S/C7H3I2NO.Li/c8-5-1-4(3-10)2-6(9)7(5)11;/h1-2,11H;/q;+1. The molecule has 0 aromatic heterocycles. The van der Waals surface area contributed by atoms with E-state index in [1.807, 2.05) is 51.3 Å². The zero-order valence-corrected chi connectivity index (χ0v) is 10.6. The van der Waals surface area contributed by atoms with E-state index >= 15 is 0 Å². The molecule has 0 bridgehead atoms. The van der Waals surface area contributed by atoms with Crippen molar-refractivity contribution in [2.75, 3.05) is 0 Å². The van der Waals surface area contributed by atoms with Gasteiger partial charge in [0.05, 0.1) is 18.8 Å². The number of nitrogens with zero attached hydrogens (tertiary/aromatic N) is 1. The van der Waals surface area contributed by atoms with Crippen LogP contribution in [0.2, 0.25) is 0 Å². The molecule has 1 rings (SSSR count). The number of benzene rings is 1. The van der Waals surface area contributed by atoms with Crippen LogP contribution in [0.3, 0.4) is 0 Å². The third-order valence-corrected chi connectivity index (χ3v) is 2.79. The van der Waals surface area contributed by atoms with Gasteiger partial charge in [-0.2, -0.15) is 5.26 Å². The maximum Gasteiger partial charge on any atom is 1.00 e. The third-order valence-electron chi connectivity index (χ3n) is 1.15. The Morgan fingerprint density at radius 1 is 1.25 bits per heavy atom. The van der Waals surface area contributed by atoms with Crippen molar-refractivity contribution in [3.63, 3.8) is 0 Å². The monoisotopic (exact) mass is 378 g/mol. The Kier molecular flexibility index (Phi) is 5.58. The van der Waals surface area contributed by atoms with E-state index in [1.165, 1.54) is 0 Å². The molecule has 0 spiro atoms. The Bertz CT molecular complexity index is 312. The Hall–Kier alpha value is 0.567. The van der Waals surface area contributed by atoms with Gasteiger partial charge in [-0.05, 0) is 57.3 Å². The molecule has 0 saturated heterocycles. The van der Waals surface area contributed by atoms with Crippen LogP contribution >= 0.6 is 45.2 Å². The molecule has 0 radical (unpaired) electrons. The third kappa shape index (κ3) is 2.81. The van der Waals surface area contributed by atoms with Crippen molar-refractivity contribution in [3.8, 4) is 11.8 Å². The van der Waals surface area contributed by atoms with Gasteiger partial charge < -0.3 is 5.11 Å². The van der Waals surface area contributed by atoms with Crippen molar-refractivity contribution in [2.24, 2.45) is 0 Å². The fourth-order valence-corrected chi connectivity index (χ4v) is 2.40. The van der Waals surface area contributed by atoms with Crippen LogP contribution < -0.4 is 18.9 Å². The molecule has 1 N–H and O–H groups in total. The number of phenols is 1. The zero-order chi connectivity index (χ0) is 8.43. The summed E-state index contributed by atoms with van der Waals surface area (Å²) >= 11 is 3.99. The molecule has 0 amide bonds. The minimum Gasteiger partial charge on any atom is -0.506 e. The van der Waals surface area contributed by atoms with Gasteiger partial charge in [0.1, 0.15) is 5.75 Å². The Labute approximate surface area is 110 Å². The van der Waals surface area contributed by atoms with Crippen LogP contribution in [-0.2, 0) is 0 Å². The number of phenolic OH excluding ortho intramolecular Hbond substituents is 1. The molecular weight excluding hydrogens is 375 g/mol. The Balaban J connectivity index is 0.00000121. The smallest absolute Gasteiger partial charge is 0.506 e. The van der Waals surface area contributed by atoms with Crippen molar-refractivity contribution in [1.29, 1.82) is 5.26 Å². The summed E-state index contributed by atoms with van der Waals surface area (Å²) in [7, 11) is 0. The van der Waals surface area contributed by atoms with Gasteiger partial charge in [-0.15, -0.1) is 0 Å². The Morgan fingerprint density at radius 3 is 2.00 bits per heavy atom. The minimum absolute atomic E-state index is 0. The van der Waals surface area contributed by atoms with Crippen molar-refractivity contribution in [3.05, 3.63) is 24.8 Å². The van der Waals surface area contributed by atoms with Gasteiger partial charge in [0.25, 0.3) is 0 Å². The molecule has 2 nitrogen and oxygen atoms in total. The van der Waals surface area contributed by atoms with E-state index in [1.54, 1.807) is 12.1 Å². The van der Waals surface area contributed by atoms with Crippen LogP contribution in [-0.4, -0.2) is 5.11 Å². The van der Waals surface area contributed by atoms with Crippen molar-refractivity contribution < 1.29 is 24.0 Å². The van der Waals surface area contributed by atoms with E-state index in [-0.39, 0.29) is 24.6 Å². The van der Waals surface area contributed by atoms with Crippen LogP contribution in [0.15, 0.2) is 12.1 Å².